The van der Waals surface area contributed by atoms with Crippen LogP contribution in [0.2, 0.25) is 0 Å². The van der Waals surface area contributed by atoms with Gasteiger partial charge in [-0.1, -0.05) is 0 Å². The maximum Gasteiger partial charge on any atom is 0.256 e. The molecule has 0 saturated carbocycles. The molecule has 2 aliphatic heterocycles. The first-order valence-electron chi connectivity index (χ1n) is 14.3. The van der Waals surface area contributed by atoms with E-state index in [4.69, 9.17) is 0 Å². The highest BCUT2D eigenvalue weighted by Crippen LogP contribution is 2.32. The summed E-state index contributed by atoms with van der Waals surface area (Å²) < 4.78 is 16.2. The van der Waals surface area contributed by atoms with Gasteiger partial charge >= 0.3 is 0 Å². The molecule has 216 valence electrons. The van der Waals surface area contributed by atoms with Crippen LogP contribution in [0.1, 0.15) is 67.2 Å². The number of benzene rings is 1. The SMILES string of the molecule is CCN(C(=O)c1cc(F)ccc1-n1cc(C(=O)C2CCN(C(=O)C3CCCN3C=O)CC2)c2ccncc21)C(C)C. The van der Waals surface area contributed by atoms with Gasteiger partial charge in [-0.25, -0.2) is 4.39 Å². The van der Waals surface area contributed by atoms with Crippen molar-refractivity contribution in [1.29, 1.82) is 0 Å². The lowest BCUT2D eigenvalue weighted by atomic mass is 9.88. The van der Waals surface area contributed by atoms with Crippen LogP contribution in [0.25, 0.3) is 16.6 Å². The van der Waals surface area contributed by atoms with Gasteiger partial charge in [0.15, 0.2) is 5.78 Å². The molecule has 4 heterocycles. The summed E-state index contributed by atoms with van der Waals surface area (Å²) >= 11 is 0. The summed E-state index contributed by atoms with van der Waals surface area (Å²) in [5.74, 6) is -1.15. The first kappa shape index (κ1) is 28.4. The van der Waals surface area contributed by atoms with E-state index in [1.807, 2.05) is 20.8 Å². The number of amides is 3. The molecule has 0 aliphatic carbocycles. The Balaban J connectivity index is 1.43. The minimum atomic E-state index is -0.516. The number of ketones is 1. The van der Waals surface area contributed by atoms with Crippen molar-refractivity contribution in [3.63, 3.8) is 0 Å². The van der Waals surface area contributed by atoms with Crippen molar-refractivity contribution in [3.05, 3.63) is 59.8 Å². The van der Waals surface area contributed by atoms with Crippen molar-refractivity contribution in [1.82, 2.24) is 24.3 Å². The third kappa shape index (κ3) is 5.35. The fourth-order valence-corrected chi connectivity index (χ4v) is 6.23. The number of aromatic nitrogens is 2. The van der Waals surface area contributed by atoms with Gasteiger partial charge in [-0.3, -0.25) is 24.2 Å². The number of likely N-dealkylation sites (tertiary alicyclic amines) is 2. The molecule has 10 heteroatoms. The van der Waals surface area contributed by atoms with Crippen molar-refractivity contribution >= 4 is 34.9 Å². The van der Waals surface area contributed by atoms with E-state index >= 15 is 0 Å². The number of halogens is 1. The van der Waals surface area contributed by atoms with Gasteiger partial charge in [-0.05, 0) is 70.7 Å². The zero-order chi connectivity index (χ0) is 29.3. The number of piperidine rings is 1. The van der Waals surface area contributed by atoms with E-state index in [0.717, 1.165) is 12.8 Å². The lowest BCUT2D eigenvalue weighted by molar-refractivity contribution is -0.140. The molecule has 2 aliphatic rings. The van der Waals surface area contributed by atoms with Crippen molar-refractivity contribution in [3.8, 4) is 5.69 Å². The van der Waals surface area contributed by atoms with Gasteiger partial charge in [0.05, 0.1) is 23.0 Å². The quantitative estimate of drug-likeness (QED) is 0.305. The number of fused-ring (bicyclic) bond motifs is 1. The Hall–Kier alpha value is -4.08. The number of hydrogen-bond donors (Lipinski definition) is 0. The maximum atomic E-state index is 14.4. The molecule has 0 spiro atoms. The summed E-state index contributed by atoms with van der Waals surface area (Å²) in [4.78, 5) is 61.0. The van der Waals surface area contributed by atoms with Gasteiger partial charge < -0.3 is 19.3 Å². The summed E-state index contributed by atoms with van der Waals surface area (Å²) in [7, 11) is 0. The maximum absolute atomic E-state index is 14.4. The number of nitrogens with zero attached hydrogens (tertiary/aromatic N) is 5. The topological polar surface area (TPSA) is 95.8 Å². The lowest BCUT2D eigenvalue weighted by Crippen LogP contribution is -2.48. The number of rotatable bonds is 8. The third-order valence-corrected chi connectivity index (χ3v) is 8.44. The van der Waals surface area contributed by atoms with Crippen LogP contribution in [0.15, 0.2) is 42.9 Å². The molecule has 3 amide bonds. The van der Waals surface area contributed by atoms with Gasteiger partial charge in [-0.2, -0.15) is 0 Å². The van der Waals surface area contributed by atoms with E-state index in [9.17, 15) is 23.6 Å². The molecule has 1 atom stereocenters. The van der Waals surface area contributed by atoms with E-state index in [1.54, 1.807) is 50.0 Å². The average Bonchev–Trinajstić information content (AvgIpc) is 3.62. The fourth-order valence-electron chi connectivity index (χ4n) is 6.23. The monoisotopic (exact) mass is 561 g/mol. The number of carbonyl (C=O) groups is 4. The standard InChI is InChI=1S/C31H36FN5O4/c1-4-36(20(2)3)30(40)24-16-22(32)7-8-26(24)37-18-25(23-9-12-33-17-28(23)37)29(39)21-10-14-34(15-11-21)31(41)27-6-5-13-35(27)19-38/h7-9,12,16-21,27H,4-6,10-11,13-15H2,1-3H3. The van der Waals surface area contributed by atoms with Crippen LogP contribution >= 0.6 is 0 Å². The van der Waals surface area contributed by atoms with E-state index in [1.165, 1.54) is 12.1 Å². The molecule has 41 heavy (non-hydrogen) atoms. The first-order valence-corrected chi connectivity index (χ1v) is 14.3. The minimum Gasteiger partial charge on any atom is -0.341 e. The first-order chi connectivity index (χ1) is 19.7. The number of Topliss-reactive ketones (excluding diaryl/α,β-unsaturated/α-hetero) is 1. The molecule has 2 saturated heterocycles. The van der Waals surface area contributed by atoms with Crippen molar-refractivity contribution in [2.75, 3.05) is 26.2 Å². The molecule has 2 aromatic heterocycles. The molecule has 0 N–H and O–H groups in total. The van der Waals surface area contributed by atoms with Crippen LogP contribution in [0, 0.1) is 11.7 Å². The predicted octanol–water partition coefficient (Wildman–Crippen LogP) is 4.08. The van der Waals surface area contributed by atoms with Crippen LogP contribution in [0.3, 0.4) is 0 Å². The zero-order valence-electron chi connectivity index (χ0n) is 23.8. The van der Waals surface area contributed by atoms with Crippen LogP contribution in [0.4, 0.5) is 4.39 Å². The van der Waals surface area contributed by atoms with Crippen molar-refractivity contribution in [2.24, 2.45) is 5.92 Å². The Kier molecular flexibility index (Phi) is 8.19. The fraction of sp³-hybridized carbons (Fsp3) is 0.452. The Bertz CT molecular complexity index is 1480. The van der Waals surface area contributed by atoms with E-state index in [0.29, 0.717) is 67.6 Å². The predicted molar refractivity (Wildman–Crippen MR) is 152 cm³/mol. The smallest absolute Gasteiger partial charge is 0.256 e. The van der Waals surface area contributed by atoms with Gasteiger partial charge in [0.2, 0.25) is 12.3 Å². The summed E-state index contributed by atoms with van der Waals surface area (Å²) in [5.41, 5.74) is 1.84. The molecule has 0 bridgehead atoms. The second kappa shape index (κ2) is 11.8. The second-order valence-corrected chi connectivity index (χ2v) is 11.1. The Morgan fingerprint density at radius 2 is 1.85 bits per heavy atom. The van der Waals surface area contributed by atoms with Crippen molar-refractivity contribution in [2.45, 2.75) is 58.5 Å². The molecule has 2 fully saturated rings. The molecular weight excluding hydrogens is 525 g/mol. The normalized spacial score (nSPS) is 17.8. The van der Waals surface area contributed by atoms with E-state index < -0.39 is 11.9 Å². The van der Waals surface area contributed by atoms with E-state index in [-0.39, 0.29) is 35.1 Å². The van der Waals surface area contributed by atoms with Crippen LogP contribution < -0.4 is 0 Å². The van der Waals surface area contributed by atoms with Gasteiger partial charge in [0, 0.05) is 61.5 Å². The molecule has 5 rings (SSSR count). The minimum absolute atomic E-state index is 0.0326. The summed E-state index contributed by atoms with van der Waals surface area (Å²) in [6, 6.07) is 5.42. The van der Waals surface area contributed by atoms with Gasteiger partial charge in [0.1, 0.15) is 11.9 Å². The average molecular weight is 562 g/mol. The summed E-state index contributed by atoms with van der Waals surface area (Å²) in [6.45, 7) is 7.69. The molecular formula is C31H36FN5O4. The van der Waals surface area contributed by atoms with Gasteiger partial charge in [-0.15, -0.1) is 0 Å². The zero-order valence-corrected chi connectivity index (χ0v) is 23.8. The lowest BCUT2D eigenvalue weighted by Gasteiger charge is -2.34. The molecule has 1 unspecified atom stereocenters. The number of hydrogen-bond acceptors (Lipinski definition) is 5. The highest BCUT2D eigenvalue weighted by atomic mass is 19.1. The molecule has 9 nitrogen and oxygen atoms in total. The Morgan fingerprint density at radius 1 is 1.10 bits per heavy atom. The second-order valence-electron chi connectivity index (χ2n) is 11.1. The highest BCUT2D eigenvalue weighted by Gasteiger charge is 2.36. The van der Waals surface area contributed by atoms with E-state index in [2.05, 4.69) is 4.98 Å². The number of pyridine rings is 1. The third-order valence-electron chi connectivity index (χ3n) is 8.44. The van der Waals surface area contributed by atoms with Crippen LogP contribution in [-0.4, -0.2) is 86.5 Å². The van der Waals surface area contributed by atoms with Crippen molar-refractivity contribution < 1.29 is 23.6 Å². The van der Waals surface area contributed by atoms with Crippen LogP contribution in [0.5, 0.6) is 0 Å². The highest BCUT2D eigenvalue weighted by molar-refractivity contribution is 6.10. The van der Waals surface area contributed by atoms with Crippen LogP contribution in [-0.2, 0) is 9.59 Å². The number of carbonyl (C=O) groups excluding carboxylic acids is 4. The summed E-state index contributed by atoms with van der Waals surface area (Å²) in [6.07, 6.45) is 8.28. The summed E-state index contributed by atoms with van der Waals surface area (Å²) in [5, 5.41) is 0.704. The Labute approximate surface area is 238 Å². The molecule has 1 aromatic carbocycles. The Morgan fingerprint density at radius 3 is 2.54 bits per heavy atom. The molecule has 3 aromatic rings. The molecule has 0 radical (unpaired) electrons. The largest absolute Gasteiger partial charge is 0.341 e. The van der Waals surface area contributed by atoms with Gasteiger partial charge in [0.25, 0.3) is 5.91 Å².